The first-order valence-electron chi connectivity index (χ1n) is 4.30. The molecule has 78 valence electrons. The van der Waals surface area contributed by atoms with Gasteiger partial charge in [0.2, 0.25) is 0 Å². The summed E-state index contributed by atoms with van der Waals surface area (Å²) in [5.74, 6) is 0. The van der Waals surface area contributed by atoms with Crippen LogP contribution in [-0.2, 0) is 0 Å². The highest BCUT2D eigenvalue weighted by Gasteiger charge is 2.30. The molecule has 1 amide bonds. The van der Waals surface area contributed by atoms with E-state index in [1.165, 1.54) is 0 Å². The van der Waals surface area contributed by atoms with Gasteiger partial charge < -0.3 is 15.5 Å². The molecule has 1 unspecified atom stereocenters. The van der Waals surface area contributed by atoms with E-state index in [0.29, 0.717) is 6.42 Å². The fourth-order valence-electron chi connectivity index (χ4n) is 1.57. The van der Waals surface area contributed by atoms with Gasteiger partial charge in [0, 0.05) is 0 Å². The predicted molar refractivity (Wildman–Crippen MR) is 50.7 cm³/mol. The Bertz CT molecular complexity index is 186. The normalized spacial score (nSPS) is 16.4. The number of amides is 1. The van der Waals surface area contributed by atoms with Crippen LogP contribution in [0.3, 0.4) is 0 Å². The summed E-state index contributed by atoms with van der Waals surface area (Å²) in [5.41, 5.74) is -0.760. The minimum Gasteiger partial charge on any atom is -0.465 e. The van der Waals surface area contributed by atoms with Crippen LogP contribution in [0, 0.1) is 5.41 Å². The molecule has 0 saturated heterocycles. The smallest absolute Gasteiger partial charge is 0.405 e. The summed E-state index contributed by atoms with van der Waals surface area (Å²) in [6.07, 6.45) is -0.496. The van der Waals surface area contributed by atoms with Crippen molar-refractivity contribution in [2.45, 2.75) is 39.7 Å². The maximum Gasteiger partial charge on any atom is 0.405 e. The lowest BCUT2D eigenvalue weighted by atomic mass is 9.81. The van der Waals surface area contributed by atoms with Gasteiger partial charge in [0.1, 0.15) is 0 Å². The average molecular weight is 189 g/mol. The number of aliphatic hydroxyl groups excluding tert-OH is 1. The van der Waals surface area contributed by atoms with Crippen LogP contribution in [0.25, 0.3) is 0 Å². The van der Waals surface area contributed by atoms with Gasteiger partial charge in [0.15, 0.2) is 0 Å². The van der Waals surface area contributed by atoms with E-state index in [9.17, 15) is 4.79 Å². The van der Waals surface area contributed by atoms with Crippen LogP contribution in [0.15, 0.2) is 0 Å². The van der Waals surface area contributed by atoms with Crippen molar-refractivity contribution in [3.8, 4) is 0 Å². The predicted octanol–water partition coefficient (Wildman–Crippen LogP) is 1.44. The Labute approximate surface area is 79.0 Å². The fourth-order valence-corrected chi connectivity index (χ4v) is 1.57. The first-order valence-corrected chi connectivity index (χ1v) is 4.30. The molecule has 0 saturated carbocycles. The number of aliphatic hydroxyl groups is 1. The van der Waals surface area contributed by atoms with Crippen molar-refractivity contribution < 1.29 is 15.0 Å². The SMILES string of the molecule is CC(C)(C)CC(C)(CO)NC(=O)O. The number of carboxylic acid groups (broad SMARTS) is 1. The summed E-state index contributed by atoms with van der Waals surface area (Å²) >= 11 is 0. The highest BCUT2D eigenvalue weighted by Crippen LogP contribution is 2.26. The molecule has 0 aromatic heterocycles. The van der Waals surface area contributed by atoms with E-state index in [0.717, 1.165) is 0 Å². The molecule has 0 spiro atoms. The third-order valence-electron chi connectivity index (χ3n) is 1.68. The molecule has 0 rings (SSSR count). The van der Waals surface area contributed by atoms with Gasteiger partial charge in [-0.05, 0) is 18.8 Å². The van der Waals surface area contributed by atoms with E-state index in [4.69, 9.17) is 10.2 Å². The fraction of sp³-hybridized carbons (Fsp3) is 0.889. The van der Waals surface area contributed by atoms with Gasteiger partial charge >= 0.3 is 6.09 Å². The maximum atomic E-state index is 10.4. The Morgan fingerprint density at radius 3 is 2.00 bits per heavy atom. The van der Waals surface area contributed by atoms with Crippen molar-refractivity contribution in [1.82, 2.24) is 5.32 Å². The molecule has 0 radical (unpaired) electrons. The molecule has 1 atom stereocenters. The highest BCUT2D eigenvalue weighted by atomic mass is 16.4. The minimum absolute atomic E-state index is 0.0140. The second-order valence-corrected chi connectivity index (χ2v) is 4.89. The van der Waals surface area contributed by atoms with Crippen molar-refractivity contribution in [2.24, 2.45) is 5.41 Å². The molecule has 0 aliphatic heterocycles. The topological polar surface area (TPSA) is 69.6 Å². The van der Waals surface area contributed by atoms with E-state index in [-0.39, 0.29) is 12.0 Å². The molecular weight excluding hydrogens is 170 g/mol. The number of nitrogens with one attached hydrogen (secondary N) is 1. The van der Waals surface area contributed by atoms with E-state index in [2.05, 4.69) is 5.32 Å². The molecule has 0 heterocycles. The van der Waals surface area contributed by atoms with E-state index in [1.54, 1.807) is 6.92 Å². The van der Waals surface area contributed by atoms with Crippen molar-refractivity contribution in [1.29, 1.82) is 0 Å². The summed E-state index contributed by atoms with van der Waals surface area (Å²) in [6.45, 7) is 7.53. The second kappa shape index (κ2) is 3.96. The van der Waals surface area contributed by atoms with Gasteiger partial charge in [0.05, 0.1) is 12.1 Å². The molecule has 13 heavy (non-hydrogen) atoms. The summed E-state index contributed by atoms with van der Waals surface area (Å²) < 4.78 is 0. The molecule has 0 bridgehead atoms. The Kier molecular flexibility index (Phi) is 3.72. The number of carbonyl (C=O) groups is 1. The third-order valence-corrected chi connectivity index (χ3v) is 1.68. The minimum atomic E-state index is -1.10. The van der Waals surface area contributed by atoms with Gasteiger partial charge in [-0.15, -0.1) is 0 Å². The quantitative estimate of drug-likeness (QED) is 0.629. The summed E-state index contributed by atoms with van der Waals surface area (Å²) in [6, 6.07) is 0. The van der Waals surface area contributed by atoms with Crippen LogP contribution in [-0.4, -0.2) is 28.5 Å². The number of rotatable bonds is 3. The summed E-state index contributed by atoms with van der Waals surface area (Å²) in [5, 5.41) is 20.0. The van der Waals surface area contributed by atoms with Crippen LogP contribution < -0.4 is 5.32 Å². The summed E-state index contributed by atoms with van der Waals surface area (Å²) in [4.78, 5) is 10.4. The van der Waals surface area contributed by atoms with Gasteiger partial charge in [-0.2, -0.15) is 0 Å². The highest BCUT2D eigenvalue weighted by molar-refractivity contribution is 5.65. The lowest BCUT2D eigenvalue weighted by Gasteiger charge is -2.33. The molecule has 4 heteroatoms. The van der Waals surface area contributed by atoms with Crippen LogP contribution in [0.4, 0.5) is 4.79 Å². The van der Waals surface area contributed by atoms with Crippen molar-refractivity contribution in [2.75, 3.05) is 6.61 Å². The van der Waals surface area contributed by atoms with Gasteiger partial charge in [-0.3, -0.25) is 0 Å². The second-order valence-electron chi connectivity index (χ2n) is 4.89. The van der Waals surface area contributed by atoms with Gasteiger partial charge in [0.25, 0.3) is 0 Å². The van der Waals surface area contributed by atoms with E-state index >= 15 is 0 Å². The molecule has 0 fully saturated rings. The number of hydrogen-bond donors (Lipinski definition) is 3. The molecule has 0 aromatic rings. The van der Waals surface area contributed by atoms with Crippen molar-refractivity contribution >= 4 is 6.09 Å². The van der Waals surface area contributed by atoms with E-state index < -0.39 is 11.6 Å². The van der Waals surface area contributed by atoms with Crippen molar-refractivity contribution in [3.63, 3.8) is 0 Å². The molecule has 0 aliphatic carbocycles. The number of hydrogen-bond acceptors (Lipinski definition) is 2. The van der Waals surface area contributed by atoms with Crippen LogP contribution in [0.5, 0.6) is 0 Å². The van der Waals surface area contributed by atoms with E-state index in [1.807, 2.05) is 20.8 Å². The largest absolute Gasteiger partial charge is 0.465 e. The zero-order valence-corrected chi connectivity index (χ0v) is 8.72. The third kappa shape index (κ3) is 5.47. The van der Waals surface area contributed by atoms with Gasteiger partial charge in [-0.25, -0.2) is 4.79 Å². The maximum absolute atomic E-state index is 10.4. The van der Waals surface area contributed by atoms with Crippen LogP contribution in [0.2, 0.25) is 0 Å². The molecule has 0 aliphatic rings. The Morgan fingerprint density at radius 2 is 1.77 bits per heavy atom. The van der Waals surface area contributed by atoms with Crippen LogP contribution >= 0.6 is 0 Å². The Balaban J connectivity index is 4.36. The Morgan fingerprint density at radius 1 is 1.31 bits per heavy atom. The molecule has 3 N–H and O–H groups in total. The Hall–Kier alpha value is -0.770. The molecule has 4 nitrogen and oxygen atoms in total. The molecular formula is C9H19NO3. The lowest BCUT2D eigenvalue weighted by Crippen LogP contribution is -2.50. The van der Waals surface area contributed by atoms with Crippen molar-refractivity contribution in [3.05, 3.63) is 0 Å². The molecule has 0 aromatic carbocycles. The summed E-state index contributed by atoms with van der Waals surface area (Å²) in [7, 11) is 0. The lowest BCUT2D eigenvalue weighted by molar-refractivity contribution is 0.117. The monoisotopic (exact) mass is 189 g/mol. The average Bonchev–Trinajstić information content (AvgIpc) is 1.81. The van der Waals surface area contributed by atoms with Gasteiger partial charge in [-0.1, -0.05) is 20.8 Å². The standard InChI is InChI=1S/C9H19NO3/c1-8(2,3)5-9(4,6-11)10-7(12)13/h10-11H,5-6H2,1-4H3,(H,12,13). The zero-order chi connectivity index (χ0) is 10.7. The van der Waals surface area contributed by atoms with Crippen LogP contribution in [0.1, 0.15) is 34.1 Å². The first kappa shape index (κ1) is 12.2. The zero-order valence-electron chi connectivity index (χ0n) is 8.72. The first-order chi connectivity index (χ1) is 5.68.